The zero-order valence-corrected chi connectivity index (χ0v) is 14.6. The number of hydrogen-bond acceptors (Lipinski definition) is 3. The zero-order valence-electron chi connectivity index (χ0n) is 13.7. The first-order chi connectivity index (χ1) is 10.9. The molecule has 6 heteroatoms. The van der Waals surface area contributed by atoms with E-state index in [0.717, 1.165) is 19.4 Å². The van der Waals surface area contributed by atoms with Crippen molar-refractivity contribution in [1.82, 2.24) is 9.21 Å². The topological polar surface area (TPSA) is 57.7 Å². The molecule has 23 heavy (non-hydrogen) atoms. The van der Waals surface area contributed by atoms with Crippen LogP contribution in [0.1, 0.15) is 42.5 Å². The molecule has 2 aliphatic rings. The van der Waals surface area contributed by atoms with Gasteiger partial charge >= 0.3 is 0 Å². The standard InChI is InChI=1S/C17H24N2O3S/c1-18(2)23(21,22)15-10-8-14(9-11-15)17(20)19-12-4-7-16(19)13-5-3-6-13/h8-11,13,16H,3-7,12H2,1-2H3. The van der Waals surface area contributed by atoms with Crippen molar-refractivity contribution >= 4 is 15.9 Å². The van der Waals surface area contributed by atoms with E-state index < -0.39 is 10.0 Å². The summed E-state index contributed by atoms with van der Waals surface area (Å²) in [6.07, 6.45) is 5.91. The summed E-state index contributed by atoms with van der Waals surface area (Å²) in [5.41, 5.74) is 0.578. The normalized spacial score (nSPS) is 22.4. The van der Waals surface area contributed by atoms with Gasteiger partial charge in [-0.1, -0.05) is 6.42 Å². The van der Waals surface area contributed by atoms with Gasteiger partial charge in [0.1, 0.15) is 0 Å². The number of sulfonamides is 1. The van der Waals surface area contributed by atoms with Crippen LogP contribution in [0.3, 0.4) is 0 Å². The molecule has 0 bridgehead atoms. The molecule has 1 aromatic carbocycles. The molecule has 1 saturated heterocycles. The van der Waals surface area contributed by atoms with Crippen LogP contribution in [-0.4, -0.2) is 50.2 Å². The molecule has 1 heterocycles. The maximum absolute atomic E-state index is 12.8. The van der Waals surface area contributed by atoms with Crippen molar-refractivity contribution in [2.45, 2.75) is 43.0 Å². The van der Waals surface area contributed by atoms with Gasteiger partial charge in [-0.3, -0.25) is 4.79 Å². The average Bonchev–Trinajstić information content (AvgIpc) is 2.93. The van der Waals surface area contributed by atoms with Gasteiger partial charge in [-0.25, -0.2) is 12.7 Å². The Morgan fingerprint density at radius 1 is 1.09 bits per heavy atom. The highest BCUT2D eigenvalue weighted by Gasteiger charge is 2.37. The van der Waals surface area contributed by atoms with Crippen LogP contribution in [0.25, 0.3) is 0 Å². The van der Waals surface area contributed by atoms with E-state index in [-0.39, 0.29) is 10.8 Å². The molecule has 1 saturated carbocycles. The maximum atomic E-state index is 12.8. The van der Waals surface area contributed by atoms with Gasteiger partial charge in [0.15, 0.2) is 0 Å². The van der Waals surface area contributed by atoms with Gasteiger partial charge in [0, 0.05) is 32.2 Å². The predicted molar refractivity (Wildman–Crippen MR) is 88.7 cm³/mol. The Bertz CT molecular complexity index is 678. The Kier molecular flexibility index (Phi) is 4.47. The molecule has 0 aromatic heterocycles. The van der Waals surface area contributed by atoms with Gasteiger partial charge < -0.3 is 4.90 Å². The third-order valence-electron chi connectivity index (χ3n) is 5.13. The van der Waals surface area contributed by atoms with Crippen LogP contribution in [0.4, 0.5) is 0 Å². The van der Waals surface area contributed by atoms with E-state index in [1.165, 1.54) is 49.8 Å². The number of nitrogens with zero attached hydrogens (tertiary/aromatic N) is 2. The first-order valence-corrected chi connectivity index (χ1v) is 9.69. The molecule has 5 nitrogen and oxygen atoms in total. The summed E-state index contributed by atoms with van der Waals surface area (Å²) in [4.78, 5) is 15.0. The van der Waals surface area contributed by atoms with Crippen molar-refractivity contribution in [3.05, 3.63) is 29.8 Å². The van der Waals surface area contributed by atoms with Crippen LogP contribution in [0.5, 0.6) is 0 Å². The van der Waals surface area contributed by atoms with Gasteiger partial charge in [-0.15, -0.1) is 0 Å². The van der Waals surface area contributed by atoms with Crippen molar-refractivity contribution in [2.24, 2.45) is 5.92 Å². The molecule has 126 valence electrons. The molecule has 1 aliphatic carbocycles. The molecular weight excluding hydrogens is 312 g/mol. The second kappa shape index (κ2) is 6.24. The second-order valence-corrected chi connectivity index (χ2v) is 8.86. The summed E-state index contributed by atoms with van der Waals surface area (Å²) >= 11 is 0. The lowest BCUT2D eigenvalue weighted by Crippen LogP contribution is -2.42. The third kappa shape index (κ3) is 3.02. The molecule has 1 amide bonds. The fourth-order valence-corrected chi connectivity index (χ4v) is 4.41. The predicted octanol–water partition coefficient (Wildman–Crippen LogP) is 2.34. The molecule has 1 aliphatic heterocycles. The monoisotopic (exact) mass is 336 g/mol. The molecule has 0 spiro atoms. The van der Waals surface area contributed by atoms with Crippen molar-refractivity contribution in [1.29, 1.82) is 0 Å². The van der Waals surface area contributed by atoms with Crippen LogP contribution < -0.4 is 0 Å². The van der Waals surface area contributed by atoms with Crippen LogP contribution in [0.2, 0.25) is 0 Å². The number of likely N-dealkylation sites (tertiary alicyclic amines) is 1. The summed E-state index contributed by atoms with van der Waals surface area (Å²) in [6, 6.07) is 6.69. The first-order valence-electron chi connectivity index (χ1n) is 8.25. The van der Waals surface area contributed by atoms with Gasteiger partial charge in [0.25, 0.3) is 5.91 Å². The van der Waals surface area contributed by atoms with E-state index in [4.69, 9.17) is 0 Å². The molecule has 0 radical (unpaired) electrons. The van der Waals surface area contributed by atoms with Crippen molar-refractivity contribution < 1.29 is 13.2 Å². The summed E-state index contributed by atoms with van der Waals surface area (Å²) in [5.74, 6) is 0.697. The van der Waals surface area contributed by atoms with Crippen LogP contribution in [-0.2, 0) is 10.0 Å². The maximum Gasteiger partial charge on any atom is 0.254 e. The molecule has 1 unspecified atom stereocenters. The second-order valence-electron chi connectivity index (χ2n) is 6.71. The largest absolute Gasteiger partial charge is 0.335 e. The number of rotatable bonds is 4. The van der Waals surface area contributed by atoms with Gasteiger partial charge in [-0.2, -0.15) is 0 Å². The summed E-state index contributed by atoms with van der Waals surface area (Å²) in [5, 5.41) is 0. The number of hydrogen-bond donors (Lipinski definition) is 0. The van der Waals surface area contributed by atoms with Gasteiger partial charge in [-0.05, 0) is 55.9 Å². The SMILES string of the molecule is CN(C)S(=O)(=O)c1ccc(C(=O)N2CCCC2C2CCC2)cc1. The third-order valence-corrected chi connectivity index (χ3v) is 6.96. The van der Waals surface area contributed by atoms with E-state index in [1.807, 2.05) is 4.90 Å². The molecule has 3 rings (SSSR count). The Morgan fingerprint density at radius 2 is 1.74 bits per heavy atom. The molecular formula is C17H24N2O3S. The van der Waals surface area contributed by atoms with Crippen LogP contribution in [0.15, 0.2) is 29.2 Å². The highest BCUT2D eigenvalue weighted by Crippen LogP contribution is 2.37. The molecule has 0 N–H and O–H groups in total. The van der Waals surface area contributed by atoms with E-state index in [9.17, 15) is 13.2 Å². The lowest BCUT2D eigenvalue weighted by Gasteiger charge is -2.37. The Morgan fingerprint density at radius 3 is 2.26 bits per heavy atom. The smallest absolute Gasteiger partial charge is 0.254 e. The van der Waals surface area contributed by atoms with Gasteiger partial charge in [0.2, 0.25) is 10.0 Å². The fourth-order valence-electron chi connectivity index (χ4n) is 3.51. The van der Waals surface area contributed by atoms with Crippen molar-refractivity contribution in [2.75, 3.05) is 20.6 Å². The zero-order chi connectivity index (χ0) is 16.6. The van der Waals surface area contributed by atoms with Crippen LogP contribution >= 0.6 is 0 Å². The minimum atomic E-state index is -3.45. The van der Waals surface area contributed by atoms with Crippen LogP contribution in [0, 0.1) is 5.92 Å². The first kappa shape index (κ1) is 16.5. The van der Waals surface area contributed by atoms with Crippen molar-refractivity contribution in [3.63, 3.8) is 0 Å². The molecule has 1 atom stereocenters. The Labute approximate surface area is 138 Å². The highest BCUT2D eigenvalue weighted by molar-refractivity contribution is 7.89. The lowest BCUT2D eigenvalue weighted by atomic mass is 9.78. The number of carbonyl (C=O) groups excluding carboxylic acids is 1. The molecule has 1 aromatic rings. The number of carbonyl (C=O) groups is 1. The Hall–Kier alpha value is -1.40. The minimum Gasteiger partial charge on any atom is -0.335 e. The minimum absolute atomic E-state index is 0.0354. The fraction of sp³-hybridized carbons (Fsp3) is 0.588. The van der Waals surface area contributed by atoms with E-state index in [2.05, 4.69) is 0 Å². The van der Waals surface area contributed by atoms with Crippen molar-refractivity contribution in [3.8, 4) is 0 Å². The quantitative estimate of drug-likeness (QED) is 0.848. The average molecular weight is 336 g/mol. The molecule has 2 fully saturated rings. The highest BCUT2D eigenvalue weighted by atomic mass is 32.2. The van der Waals surface area contributed by atoms with Gasteiger partial charge in [0.05, 0.1) is 4.90 Å². The van der Waals surface area contributed by atoms with E-state index in [1.54, 1.807) is 12.1 Å². The van der Waals surface area contributed by atoms with E-state index in [0.29, 0.717) is 17.5 Å². The lowest BCUT2D eigenvalue weighted by molar-refractivity contribution is 0.0626. The summed E-state index contributed by atoms with van der Waals surface area (Å²) < 4.78 is 25.4. The Balaban J connectivity index is 1.78. The number of amides is 1. The summed E-state index contributed by atoms with van der Waals surface area (Å²) in [6.45, 7) is 0.817. The number of benzene rings is 1. The summed E-state index contributed by atoms with van der Waals surface area (Å²) in [7, 11) is -0.445. The van der Waals surface area contributed by atoms with E-state index >= 15 is 0 Å².